The molecule has 0 N–H and O–H groups in total. The van der Waals surface area contributed by atoms with Crippen LogP contribution in [0, 0.1) is 17.2 Å². The first-order chi connectivity index (χ1) is 9.85. The molecule has 5 heteroatoms. The van der Waals surface area contributed by atoms with Crippen LogP contribution in [0.1, 0.15) is 18.4 Å². The van der Waals surface area contributed by atoms with Crippen LogP contribution in [-0.2, 0) is 6.54 Å². The van der Waals surface area contributed by atoms with E-state index in [0.717, 1.165) is 25.2 Å². The summed E-state index contributed by atoms with van der Waals surface area (Å²) in [6.45, 7) is 3.08. The summed E-state index contributed by atoms with van der Waals surface area (Å²) >= 11 is 0. The highest BCUT2D eigenvalue weighted by Gasteiger charge is 2.19. The molecule has 1 aromatic carbocycles. The maximum absolute atomic E-state index is 8.82. The summed E-state index contributed by atoms with van der Waals surface area (Å²) in [5.74, 6) is 0.673. The minimum atomic E-state index is 0.673. The highest BCUT2D eigenvalue weighted by atomic mass is 15.3. The molecule has 5 nitrogen and oxygen atoms in total. The topological polar surface area (TPSA) is 57.7 Å². The Balaban J connectivity index is 1.56. The molecule has 0 unspecified atom stereocenters. The number of benzene rings is 1. The Bertz CT molecular complexity index is 574. The largest absolute Gasteiger partial charge is 0.372 e. The molecule has 0 atom stereocenters. The Hall–Kier alpha value is -2.35. The number of aromatic nitrogens is 3. The number of nitrogens with zero attached hydrogens (tertiary/aromatic N) is 5. The molecule has 0 aliphatic carbocycles. The molecule has 0 saturated carbocycles. The van der Waals surface area contributed by atoms with Crippen molar-refractivity contribution in [1.82, 2.24) is 14.8 Å². The zero-order valence-electron chi connectivity index (χ0n) is 11.3. The van der Waals surface area contributed by atoms with Gasteiger partial charge < -0.3 is 4.90 Å². The van der Waals surface area contributed by atoms with Crippen molar-refractivity contribution in [2.24, 2.45) is 5.92 Å². The van der Waals surface area contributed by atoms with Crippen LogP contribution in [0.2, 0.25) is 0 Å². The molecule has 102 valence electrons. The first-order valence-corrected chi connectivity index (χ1v) is 6.92. The third-order valence-corrected chi connectivity index (χ3v) is 3.89. The van der Waals surface area contributed by atoms with Gasteiger partial charge in [0.1, 0.15) is 12.7 Å². The summed E-state index contributed by atoms with van der Waals surface area (Å²) in [6, 6.07) is 10.0. The Labute approximate surface area is 118 Å². The van der Waals surface area contributed by atoms with Crippen molar-refractivity contribution < 1.29 is 0 Å². The molecule has 1 aliphatic rings. The van der Waals surface area contributed by atoms with E-state index >= 15 is 0 Å². The monoisotopic (exact) mass is 267 g/mol. The van der Waals surface area contributed by atoms with Crippen molar-refractivity contribution in [3.8, 4) is 6.07 Å². The van der Waals surface area contributed by atoms with Gasteiger partial charge in [0, 0.05) is 25.3 Å². The van der Waals surface area contributed by atoms with E-state index in [1.54, 1.807) is 12.7 Å². The van der Waals surface area contributed by atoms with Gasteiger partial charge in [-0.05, 0) is 43.0 Å². The van der Waals surface area contributed by atoms with Crippen LogP contribution in [0.15, 0.2) is 36.9 Å². The van der Waals surface area contributed by atoms with Gasteiger partial charge in [-0.25, -0.2) is 4.98 Å². The second-order valence-corrected chi connectivity index (χ2v) is 5.21. The summed E-state index contributed by atoms with van der Waals surface area (Å²) in [5, 5.41) is 13.0. The molecule has 0 spiro atoms. The fourth-order valence-electron chi connectivity index (χ4n) is 2.71. The fraction of sp³-hybridized carbons (Fsp3) is 0.400. The number of hydrogen-bond donors (Lipinski definition) is 0. The molecule has 1 saturated heterocycles. The molecular weight excluding hydrogens is 250 g/mol. The van der Waals surface area contributed by atoms with Crippen LogP contribution in [0.5, 0.6) is 0 Å². The average molecular weight is 267 g/mol. The molecule has 2 heterocycles. The Kier molecular flexibility index (Phi) is 3.64. The van der Waals surface area contributed by atoms with Gasteiger partial charge in [0.15, 0.2) is 0 Å². The minimum Gasteiger partial charge on any atom is -0.372 e. The van der Waals surface area contributed by atoms with Crippen LogP contribution in [0.3, 0.4) is 0 Å². The van der Waals surface area contributed by atoms with Crippen LogP contribution in [-0.4, -0.2) is 27.9 Å². The number of anilines is 1. The zero-order valence-corrected chi connectivity index (χ0v) is 11.3. The molecular formula is C15H17N5. The van der Waals surface area contributed by atoms with Crippen molar-refractivity contribution in [3.63, 3.8) is 0 Å². The van der Waals surface area contributed by atoms with Gasteiger partial charge in [-0.1, -0.05) is 0 Å². The van der Waals surface area contributed by atoms with Crippen molar-refractivity contribution in [1.29, 1.82) is 5.26 Å². The number of rotatable bonds is 3. The number of piperidine rings is 1. The second-order valence-electron chi connectivity index (χ2n) is 5.21. The SMILES string of the molecule is N#Cc1ccc(N2CCC(Cn3cncn3)CC2)cc1. The number of nitriles is 1. The van der Waals surface area contributed by atoms with Gasteiger partial charge in [-0.15, -0.1) is 0 Å². The molecule has 3 rings (SSSR count). The van der Waals surface area contributed by atoms with E-state index in [0.29, 0.717) is 5.92 Å². The van der Waals surface area contributed by atoms with Gasteiger partial charge >= 0.3 is 0 Å². The normalized spacial score (nSPS) is 16.1. The van der Waals surface area contributed by atoms with E-state index in [-0.39, 0.29) is 0 Å². The Morgan fingerprint density at radius 3 is 2.55 bits per heavy atom. The van der Waals surface area contributed by atoms with E-state index in [4.69, 9.17) is 5.26 Å². The molecule has 1 aliphatic heterocycles. The van der Waals surface area contributed by atoms with Crippen molar-refractivity contribution in [2.75, 3.05) is 18.0 Å². The van der Waals surface area contributed by atoms with E-state index < -0.39 is 0 Å². The second kappa shape index (κ2) is 5.74. The maximum atomic E-state index is 8.82. The summed E-state index contributed by atoms with van der Waals surface area (Å²) in [4.78, 5) is 6.37. The van der Waals surface area contributed by atoms with Crippen molar-refractivity contribution in [2.45, 2.75) is 19.4 Å². The van der Waals surface area contributed by atoms with Crippen LogP contribution < -0.4 is 4.90 Å². The summed E-state index contributed by atoms with van der Waals surface area (Å²) in [5.41, 5.74) is 1.93. The smallest absolute Gasteiger partial charge is 0.137 e. The molecule has 1 fully saturated rings. The van der Waals surface area contributed by atoms with Gasteiger partial charge in [0.25, 0.3) is 0 Å². The van der Waals surface area contributed by atoms with E-state index in [1.165, 1.54) is 18.5 Å². The Morgan fingerprint density at radius 2 is 1.95 bits per heavy atom. The van der Waals surface area contributed by atoms with Crippen LogP contribution in [0.4, 0.5) is 5.69 Å². The highest BCUT2D eigenvalue weighted by Crippen LogP contribution is 2.24. The quantitative estimate of drug-likeness (QED) is 0.854. The summed E-state index contributed by atoms with van der Waals surface area (Å²) < 4.78 is 1.92. The van der Waals surface area contributed by atoms with Crippen LogP contribution >= 0.6 is 0 Å². The molecule has 1 aromatic heterocycles. The van der Waals surface area contributed by atoms with E-state index in [1.807, 2.05) is 28.9 Å². The number of hydrogen-bond acceptors (Lipinski definition) is 4. The standard InChI is InChI=1S/C15H17N5/c16-9-13-1-3-15(4-2-13)19-7-5-14(6-8-19)10-20-12-17-11-18-20/h1-4,11-12,14H,5-8,10H2. The molecule has 2 aromatic rings. The van der Waals surface area contributed by atoms with Gasteiger partial charge in [0.05, 0.1) is 11.6 Å². The van der Waals surface area contributed by atoms with Crippen molar-refractivity contribution >= 4 is 5.69 Å². The third-order valence-electron chi connectivity index (χ3n) is 3.89. The maximum Gasteiger partial charge on any atom is 0.137 e. The Morgan fingerprint density at radius 1 is 1.20 bits per heavy atom. The molecule has 0 radical (unpaired) electrons. The lowest BCUT2D eigenvalue weighted by atomic mass is 9.96. The van der Waals surface area contributed by atoms with Crippen LogP contribution in [0.25, 0.3) is 0 Å². The predicted octanol–water partition coefficient (Wildman–Crippen LogP) is 2.07. The molecule has 20 heavy (non-hydrogen) atoms. The first kappa shape index (κ1) is 12.7. The van der Waals surface area contributed by atoms with E-state index in [9.17, 15) is 0 Å². The lowest BCUT2D eigenvalue weighted by Gasteiger charge is -2.33. The average Bonchev–Trinajstić information content (AvgIpc) is 3.01. The lowest BCUT2D eigenvalue weighted by molar-refractivity contribution is 0.342. The summed E-state index contributed by atoms with van der Waals surface area (Å²) in [7, 11) is 0. The lowest BCUT2D eigenvalue weighted by Crippen LogP contribution is -2.35. The third kappa shape index (κ3) is 2.80. The summed E-state index contributed by atoms with van der Waals surface area (Å²) in [6.07, 6.45) is 5.71. The highest BCUT2D eigenvalue weighted by molar-refractivity contribution is 5.49. The molecule has 0 bridgehead atoms. The van der Waals surface area contributed by atoms with Crippen molar-refractivity contribution in [3.05, 3.63) is 42.5 Å². The van der Waals surface area contributed by atoms with Gasteiger partial charge in [0.2, 0.25) is 0 Å². The van der Waals surface area contributed by atoms with E-state index in [2.05, 4.69) is 21.1 Å². The predicted molar refractivity (Wildman–Crippen MR) is 76.1 cm³/mol. The zero-order chi connectivity index (χ0) is 13.8. The minimum absolute atomic E-state index is 0.673. The van der Waals surface area contributed by atoms with Gasteiger partial charge in [-0.2, -0.15) is 10.4 Å². The molecule has 0 amide bonds. The fourth-order valence-corrected chi connectivity index (χ4v) is 2.71. The first-order valence-electron chi connectivity index (χ1n) is 6.92. The van der Waals surface area contributed by atoms with Gasteiger partial charge in [-0.3, -0.25) is 4.68 Å².